The van der Waals surface area contributed by atoms with Gasteiger partial charge in [0.05, 0.1) is 12.3 Å². The fourth-order valence-corrected chi connectivity index (χ4v) is 5.45. The molecule has 182 valence electrons. The highest BCUT2D eigenvalue weighted by atomic mass is 16.5. The Morgan fingerprint density at radius 1 is 0.410 bits per heavy atom. The Hall–Kier alpha value is -5.14. The lowest BCUT2D eigenvalue weighted by atomic mass is 9.87. The van der Waals surface area contributed by atoms with E-state index in [1.165, 1.54) is 0 Å². The Labute approximate surface area is 240 Å². The van der Waals surface area contributed by atoms with Crippen LogP contribution in [0.5, 0.6) is 11.5 Å². The normalized spacial score (nSPS) is 15.0. The van der Waals surface area contributed by atoms with E-state index in [4.69, 9.17) is 14.3 Å². The lowest BCUT2D eigenvalue weighted by Crippen LogP contribution is -1.97. The van der Waals surface area contributed by atoms with Crippen LogP contribution in [0.4, 0.5) is 0 Å². The standard InChI is InChI=1S/C38H24O/c1-2-10-25(11-3-1)30-18-6-12-26-13-7-19-32(37(26)30)31-17-5-4-16-29(31)28-22-23-35-34(24-28)33-20-8-14-27-15-9-21-36(39-35)38(27)33/h1-24H/i8D,9D,14D,15D,20D,21D,22D,23D,24D. The van der Waals surface area contributed by atoms with E-state index in [1.807, 2.05) is 72.8 Å². The van der Waals surface area contributed by atoms with Gasteiger partial charge in [0.1, 0.15) is 11.5 Å². The third-order valence-electron chi connectivity index (χ3n) is 7.17. The predicted molar refractivity (Wildman–Crippen MR) is 163 cm³/mol. The molecule has 0 saturated carbocycles. The van der Waals surface area contributed by atoms with Gasteiger partial charge in [-0.15, -0.1) is 0 Å². The van der Waals surface area contributed by atoms with Crippen molar-refractivity contribution >= 4 is 21.5 Å². The summed E-state index contributed by atoms with van der Waals surface area (Å²) in [5, 5.41) is 1.88. The molecule has 0 fully saturated rings. The molecule has 0 bridgehead atoms. The number of hydrogen-bond donors (Lipinski definition) is 0. The SMILES string of the molecule is [2H]c1c([2H])c(-c2ccccc2-c2cccc3cccc(-c4ccccc4)c23)c([2H])c2c1Oc1c([2H])c([2H])c([2H])c3c([2H])c([2H])c([2H])c-2c13. The van der Waals surface area contributed by atoms with Crippen molar-refractivity contribution in [3.8, 4) is 56.0 Å². The maximum absolute atomic E-state index is 9.57. The summed E-state index contributed by atoms with van der Waals surface area (Å²) in [5.41, 5.74) is 4.24. The lowest BCUT2D eigenvalue weighted by molar-refractivity contribution is 0.487. The van der Waals surface area contributed by atoms with Crippen LogP contribution in [-0.4, -0.2) is 0 Å². The third-order valence-corrected chi connectivity index (χ3v) is 7.17. The van der Waals surface area contributed by atoms with Crippen LogP contribution < -0.4 is 4.74 Å². The molecule has 1 heteroatoms. The topological polar surface area (TPSA) is 9.23 Å². The van der Waals surface area contributed by atoms with Crippen LogP contribution in [-0.2, 0) is 0 Å². The second-order valence-corrected chi connectivity index (χ2v) is 9.38. The van der Waals surface area contributed by atoms with Crippen molar-refractivity contribution in [2.75, 3.05) is 0 Å². The average molecular weight is 506 g/mol. The number of rotatable bonds is 3. The van der Waals surface area contributed by atoms with Crippen LogP contribution in [0, 0.1) is 0 Å². The average Bonchev–Trinajstić information content (AvgIpc) is 3.11. The van der Waals surface area contributed by atoms with Gasteiger partial charge in [-0.2, -0.15) is 0 Å². The lowest BCUT2D eigenvalue weighted by Gasteiger charge is -2.22. The van der Waals surface area contributed by atoms with Gasteiger partial charge in [0.25, 0.3) is 0 Å². The van der Waals surface area contributed by atoms with Gasteiger partial charge in [-0.3, -0.25) is 0 Å². The molecule has 0 N–H and O–H groups in total. The molecule has 0 spiro atoms. The Morgan fingerprint density at radius 3 is 1.97 bits per heavy atom. The predicted octanol–water partition coefficient (Wildman–Crippen LogP) is 10.8. The van der Waals surface area contributed by atoms with Crippen LogP contribution in [0.2, 0.25) is 0 Å². The quantitative estimate of drug-likeness (QED) is 0.232. The van der Waals surface area contributed by atoms with Crippen LogP contribution in [0.1, 0.15) is 12.3 Å². The molecular weight excluding hydrogens is 472 g/mol. The van der Waals surface area contributed by atoms with Crippen LogP contribution in [0.25, 0.3) is 66.1 Å². The van der Waals surface area contributed by atoms with Crippen LogP contribution >= 0.6 is 0 Å². The van der Waals surface area contributed by atoms with E-state index in [0.717, 1.165) is 33.0 Å². The molecule has 1 heterocycles. The molecule has 0 saturated heterocycles. The Morgan fingerprint density at radius 2 is 1.13 bits per heavy atom. The van der Waals surface area contributed by atoms with Crippen molar-refractivity contribution in [3.05, 3.63) is 145 Å². The van der Waals surface area contributed by atoms with E-state index in [1.54, 1.807) is 12.1 Å². The first-order valence-electron chi connectivity index (χ1n) is 17.1. The van der Waals surface area contributed by atoms with Gasteiger partial charge in [-0.1, -0.05) is 127 Å². The maximum atomic E-state index is 9.57. The van der Waals surface area contributed by atoms with Gasteiger partial charge in [0.15, 0.2) is 0 Å². The van der Waals surface area contributed by atoms with Crippen molar-refractivity contribution in [1.82, 2.24) is 0 Å². The molecule has 7 aromatic rings. The smallest absolute Gasteiger partial charge is 0.135 e. The van der Waals surface area contributed by atoms with Gasteiger partial charge in [-0.05, 0) is 73.2 Å². The summed E-state index contributed by atoms with van der Waals surface area (Å²) >= 11 is 0. The Bertz CT molecular complexity index is 2510. The Kier molecular flexibility index (Phi) is 3.29. The summed E-state index contributed by atoms with van der Waals surface area (Å²) in [4.78, 5) is 0. The zero-order valence-corrected chi connectivity index (χ0v) is 20.6. The second kappa shape index (κ2) is 8.72. The number of benzene rings is 7. The molecule has 0 radical (unpaired) electrons. The van der Waals surface area contributed by atoms with E-state index in [2.05, 4.69) is 6.07 Å². The number of hydrogen-bond acceptors (Lipinski definition) is 1. The highest BCUT2D eigenvalue weighted by Gasteiger charge is 2.21. The highest BCUT2D eigenvalue weighted by Crippen LogP contribution is 2.48. The van der Waals surface area contributed by atoms with Crippen molar-refractivity contribution in [3.63, 3.8) is 0 Å². The molecular formula is C38H24O. The maximum Gasteiger partial charge on any atom is 0.135 e. The van der Waals surface area contributed by atoms with Gasteiger partial charge in [-0.25, -0.2) is 0 Å². The van der Waals surface area contributed by atoms with Gasteiger partial charge < -0.3 is 4.74 Å². The number of ether oxygens (including phenoxy) is 1. The van der Waals surface area contributed by atoms with Gasteiger partial charge in [0.2, 0.25) is 0 Å². The van der Waals surface area contributed by atoms with Crippen molar-refractivity contribution in [2.45, 2.75) is 0 Å². The molecule has 1 nitrogen and oxygen atoms in total. The summed E-state index contributed by atoms with van der Waals surface area (Å²) in [5.74, 6) is -0.451. The third kappa shape index (κ3) is 3.48. The van der Waals surface area contributed by atoms with E-state index >= 15 is 0 Å². The molecule has 0 amide bonds. The summed E-state index contributed by atoms with van der Waals surface area (Å²) in [7, 11) is 0. The molecule has 0 unspecified atom stereocenters. The van der Waals surface area contributed by atoms with Crippen molar-refractivity contribution in [1.29, 1.82) is 0 Å². The fraction of sp³-hybridized carbons (Fsp3) is 0. The molecule has 1 aliphatic rings. The van der Waals surface area contributed by atoms with E-state index < -0.39 is 36.3 Å². The summed E-state index contributed by atoms with van der Waals surface area (Å²) < 4.78 is 85.3. The van der Waals surface area contributed by atoms with Crippen molar-refractivity contribution in [2.24, 2.45) is 0 Å². The molecule has 7 aromatic carbocycles. The first-order chi connectivity index (χ1) is 23.1. The minimum absolute atomic E-state index is 0.0157. The molecule has 39 heavy (non-hydrogen) atoms. The molecule has 0 aliphatic carbocycles. The summed E-state index contributed by atoms with van der Waals surface area (Å²) in [6.07, 6.45) is 0. The second-order valence-electron chi connectivity index (χ2n) is 9.38. The van der Waals surface area contributed by atoms with E-state index in [-0.39, 0.29) is 57.1 Å². The minimum atomic E-state index is -0.517. The zero-order chi connectivity index (χ0) is 33.6. The van der Waals surface area contributed by atoms with E-state index in [0.29, 0.717) is 5.56 Å². The summed E-state index contributed by atoms with van der Waals surface area (Å²) in [6.45, 7) is 0. The molecule has 1 aliphatic heterocycles. The highest BCUT2D eigenvalue weighted by molar-refractivity contribution is 6.09. The summed E-state index contributed by atoms with van der Waals surface area (Å²) in [6, 6.07) is 25.8. The number of fused-ring (bicyclic) bond motifs is 3. The fourth-order valence-electron chi connectivity index (χ4n) is 5.45. The monoisotopic (exact) mass is 505 g/mol. The van der Waals surface area contributed by atoms with Gasteiger partial charge >= 0.3 is 0 Å². The van der Waals surface area contributed by atoms with Crippen molar-refractivity contribution < 1.29 is 17.1 Å². The van der Waals surface area contributed by atoms with Gasteiger partial charge in [0, 0.05) is 10.9 Å². The van der Waals surface area contributed by atoms with Crippen LogP contribution in [0.15, 0.2) is 145 Å². The van der Waals surface area contributed by atoms with E-state index in [9.17, 15) is 2.74 Å². The first kappa shape index (κ1) is 14.7. The molecule has 0 aromatic heterocycles. The molecule has 0 atom stereocenters. The molecule has 8 rings (SSSR count). The Balaban J connectivity index is 1.47. The first-order valence-corrected chi connectivity index (χ1v) is 12.6. The minimum Gasteiger partial charge on any atom is -0.456 e. The largest absolute Gasteiger partial charge is 0.456 e. The van der Waals surface area contributed by atoms with Crippen LogP contribution in [0.3, 0.4) is 0 Å². The zero-order valence-electron chi connectivity index (χ0n) is 29.6.